The van der Waals surface area contributed by atoms with Crippen molar-refractivity contribution >= 4 is 11.9 Å². The highest BCUT2D eigenvalue weighted by atomic mass is 16.4. The van der Waals surface area contributed by atoms with Crippen molar-refractivity contribution in [1.29, 1.82) is 0 Å². The first-order valence-corrected chi connectivity index (χ1v) is 9.96. The second-order valence-corrected chi connectivity index (χ2v) is 7.55. The highest BCUT2D eigenvalue weighted by Crippen LogP contribution is 2.28. The number of piperidine rings is 1. The number of likely N-dealkylation sites (tertiary alicyclic amines) is 1. The van der Waals surface area contributed by atoms with Gasteiger partial charge in [0.1, 0.15) is 0 Å². The van der Waals surface area contributed by atoms with Gasteiger partial charge in [-0.2, -0.15) is 0 Å². The first-order chi connectivity index (χ1) is 14.1. The van der Waals surface area contributed by atoms with Crippen LogP contribution in [-0.2, 0) is 6.42 Å². The van der Waals surface area contributed by atoms with Crippen LogP contribution in [0.25, 0.3) is 11.1 Å². The molecule has 3 aromatic rings. The summed E-state index contributed by atoms with van der Waals surface area (Å²) >= 11 is 0. The van der Waals surface area contributed by atoms with Gasteiger partial charge >= 0.3 is 5.97 Å². The molecule has 0 unspecified atom stereocenters. The maximum Gasteiger partial charge on any atom is 0.335 e. The first kappa shape index (κ1) is 19.0. The Morgan fingerprint density at radius 3 is 2.34 bits per heavy atom. The van der Waals surface area contributed by atoms with E-state index in [9.17, 15) is 14.7 Å². The molecular weight excluding hydrogens is 364 g/mol. The number of amides is 1. The Bertz CT molecular complexity index is 1000. The highest BCUT2D eigenvalue weighted by molar-refractivity contribution is 6.00. The summed E-state index contributed by atoms with van der Waals surface area (Å²) in [5.41, 5.74) is 3.91. The second kappa shape index (κ2) is 8.35. The summed E-state index contributed by atoms with van der Waals surface area (Å²) in [6, 6.07) is 17.1. The predicted octanol–water partition coefficient (Wildman–Crippen LogP) is 4.47. The number of hydrogen-bond acceptors (Lipinski definition) is 2. The Hall–Kier alpha value is -3.34. The normalized spacial score (nSPS) is 14.7. The molecule has 1 saturated heterocycles. The lowest BCUT2D eigenvalue weighted by Crippen LogP contribution is -2.39. The van der Waals surface area contributed by atoms with Gasteiger partial charge < -0.3 is 15.0 Å². The van der Waals surface area contributed by atoms with Crippen LogP contribution in [0.2, 0.25) is 0 Å². The Labute approximate surface area is 170 Å². The molecule has 1 aliphatic heterocycles. The van der Waals surface area contributed by atoms with E-state index in [1.54, 1.807) is 18.3 Å². The topological polar surface area (TPSA) is 73.4 Å². The number of nitrogens with zero attached hydrogens (tertiary/aromatic N) is 1. The molecule has 2 heterocycles. The number of rotatable bonds is 5. The summed E-state index contributed by atoms with van der Waals surface area (Å²) < 4.78 is 0. The van der Waals surface area contributed by atoms with Crippen LogP contribution < -0.4 is 0 Å². The number of carboxylic acids is 1. The van der Waals surface area contributed by atoms with E-state index in [2.05, 4.69) is 4.98 Å². The van der Waals surface area contributed by atoms with E-state index in [1.165, 1.54) is 0 Å². The molecule has 0 saturated carbocycles. The molecular formula is C24H24N2O3. The van der Waals surface area contributed by atoms with E-state index in [-0.39, 0.29) is 5.91 Å². The third kappa shape index (κ3) is 4.09. The summed E-state index contributed by atoms with van der Waals surface area (Å²) in [5, 5.41) is 9.38. The maximum absolute atomic E-state index is 13.1. The fourth-order valence-corrected chi connectivity index (χ4v) is 4.13. The van der Waals surface area contributed by atoms with E-state index in [4.69, 9.17) is 0 Å². The van der Waals surface area contributed by atoms with Gasteiger partial charge in [0, 0.05) is 31.0 Å². The Morgan fingerprint density at radius 1 is 0.931 bits per heavy atom. The lowest BCUT2D eigenvalue weighted by Gasteiger charge is -2.32. The molecule has 5 nitrogen and oxygen atoms in total. The number of aromatic nitrogens is 1. The number of aromatic carboxylic acids is 1. The zero-order valence-corrected chi connectivity index (χ0v) is 16.2. The van der Waals surface area contributed by atoms with Crippen molar-refractivity contribution in [3.05, 3.63) is 83.7 Å². The van der Waals surface area contributed by atoms with Crippen LogP contribution in [-0.4, -0.2) is 40.0 Å². The van der Waals surface area contributed by atoms with Gasteiger partial charge in [-0.05, 0) is 42.4 Å². The molecule has 2 aromatic carbocycles. The van der Waals surface area contributed by atoms with E-state index < -0.39 is 5.97 Å². The van der Waals surface area contributed by atoms with E-state index in [1.807, 2.05) is 53.6 Å². The van der Waals surface area contributed by atoms with Gasteiger partial charge in [0.2, 0.25) is 0 Å². The number of carbonyl (C=O) groups is 2. The third-order valence-corrected chi connectivity index (χ3v) is 5.72. The largest absolute Gasteiger partial charge is 0.478 e. The predicted molar refractivity (Wildman–Crippen MR) is 112 cm³/mol. The van der Waals surface area contributed by atoms with Gasteiger partial charge in [-0.25, -0.2) is 4.79 Å². The fourth-order valence-electron chi connectivity index (χ4n) is 4.13. The van der Waals surface area contributed by atoms with Crippen LogP contribution in [0.5, 0.6) is 0 Å². The van der Waals surface area contributed by atoms with Gasteiger partial charge in [0.15, 0.2) is 0 Å². The molecule has 4 rings (SSSR count). The van der Waals surface area contributed by atoms with Gasteiger partial charge in [0.05, 0.1) is 11.1 Å². The fraction of sp³-hybridized carbons (Fsp3) is 0.250. The number of H-pyrrole nitrogens is 1. The van der Waals surface area contributed by atoms with Gasteiger partial charge in [0.25, 0.3) is 5.91 Å². The van der Waals surface area contributed by atoms with Crippen LogP contribution in [0.1, 0.15) is 39.1 Å². The van der Waals surface area contributed by atoms with Crippen molar-refractivity contribution in [2.45, 2.75) is 19.3 Å². The number of carbonyl (C=O) groups excluding carboxylic acids is 1. The van der Waals surface area contributed by atoms with Crippen LogP contribution in [0.3, 0.4) is 0 Å². The van der Waals surface area contributed by atoms with Gasteiger partial charge in [-0.15, -0.1) is 0 Å². The zero-order chi connectivity index (χ0) is 20.2. The van der Waals surface area contributed by atoms with Gasteiger partial charge in [-0.3, -0.25) is 4.79 Å². The van der Waals surface area contributed by atoms with Crippen molar-refractivity contribution in [1.82, 2.24) is 9.88 Å². The molecule has 1 aromatic heterocycles. The lowest BCUT2D eigenvalue weighted by atomic mass is 9.88. The average molecular weight is 388 g/mol. The van der Waals surface area contributed by atoms with Crippen molar-refractivity contribution in [3.63, 3.8) is 0 Å². The van der Waals surface area contributed by atoms with Crippen molar-refractivity contribution in [2.75, 3.05) is 13.1 Å². The lowest BCUT2D eigenvalue weighted by molar-refractivity contribution is 0.0691. The summed E-state index contributed by atoms with van der Waals surface area (Å²) in [6.45, 7) is 1.39. The molecule has 1 amide bonds. The minimum absolute atomic E-state index is 0.0505. The number of carboxylic acid groups (broad SMARTS) is 1. The van der Waals surface area contributed by atoms with E-state index >= 15 is 0 Å². The number of nitrogens with one attached hydrogen (secondary N) is 1. The van der Waals surface area contributed by atoms with Crippen molar-refractivity contribution < 1.29 is 14.7 Å². The maximum atomic E-state index is 13.1. The summed E-state index contributed by atoms with van der Waals surface area (Å²) in [4.78, 5) is 29.5. The minimum atomic E-state index is -0.880. The molecule has 0 spiro atoms. The van der Waals surface area contributed by atoms with Crippen molar-refractivity contribution in [2.24, 2.45) is 5.92 Å². The van der Waals surface area contributed by atoms with Crippen LogP contribution in [0, 0.1) is 5.92 Å². The molecule has 0 aliphatic carbocycles. The molecule has 2 N–H and O–H groups in total. The quantitative estimate of drug-likeness (QED) is 0.677. The highest BCUT2D eigenvalue weighted by Gasteiger charge is 2.26. The summed E-state index contributed by atoms with van der Waals surface area (Å²) in [7, 11) is 0. The molecule has 1 aliphatic rings. The summed E-state index contributed by atoms with van der Waals surface area (Å²) in [6.07, 6.45) is 6.15. The zero-order valence-electron chi connectivity index (χ0n) is 16.2. The average Bonchev–Trinajstić information content (AvgIpc) is 3.24. The summed E-state index contributed by atoms with van der Waals surface area (Å²) in [5.74, 6) is -0.442. The molecule has 0 radical (unpaired) electrons. The SMILES string of the molecule is O=C(O)c1ccccc1CC1CCN(C(=O)c2c[nH]cc2-c2ccccc2)CC1. The van der Waals surface area contributed by atoms with E-state index in [0.717, 1.165) is 36.0 Å². The Morgan fingerprint density at radius 2 is 1.62 bits per heavy atom. The molecule has 0 bridgehead atoms. The van der Waals surface area contributed by atoms with Crippen LogP contribution in [0.15, 0.2) is 67.0 Å². The Kier molecular flexibility index (Phi) is 5.47. The minimum Gasteiger partial charge on any atom is -0.478 e. The second-order valence-electron chi connectivity index (χ2n) is 7.55. The molecule has 29 heavy (non-hydrogen) atoms. The standard InChI is InChI=1S/C24H24N2O3/c27-23(22-16-25-15-21(22)18-6-2-1-3-7-18)26-12-10-17(11-13-26)14-19-8-4-5-9-20(19)24(28)29/h1-9,15-17,25H,10-14H2,(H,28,29). The Balaban J connectivity index is 1.42. The van der Waals surface area contributed by atoms with E-state index in [0.29, 0.717) is 30.1 Å². The molecule has 5 heteroatoms. The molecule has 0 atom stereocenters. The first-order valence-electron chi connectivity index (χ1n) is 9.96. The molecule has 1 fully saturated rings. The molecule has 148 valence electrons. The number of aromatic amines is 1. The van der Waals surface area contributed by atoms with Crippen LogP contribution in [0.4, 0.5) is 0 Å². The smallest absolute Gasteiger partial charge is 0.335 e. The number of hydrogen-bond donors (Lipinski definition) is 2. The van der Waals surface area contributed by atoms with Crippen molar-refractivity contribution in [3.8, 4) is 11.1 Å². The monoisotopic (exact) mass is 388 g/mol. The number of benzene rings is 2. The third-order valence-electron chi connectivity index (χ3n) is 5.72. The van der Waals surface area contributed by atoms with Gasteiger partial charge in [-0.1, -0.05) is 48.5 Å². The van der Waals surface area contributed by atoms with Crippen LogP contribution >= 0.6 is 0 Å².